The number of carbonyl (C=O) groups excluding carboxylic acids is 1. The van der Waals surface area contributed by atoms with Crippen molar-refractivity contribution in [1.29, 1.82) is 0 Å². The molecule has 4 aromatic rings. The zero-order valence-corrected chi connectivity index (χ0v) is 17.0. The maximum atomic E-state index is 13.2. The number of nitrogens with one attached hydrogen (secondary N) is 1. The van der Waals surface area contributed by atoms with E-state index >= 15 is 0 Å². The minimum absolute atomic E-state index is 0.220. The van der Waals surface area contributed by atoms with Gasteiger partial charge in [0, 0.05) is 22.7 Å². The first kappa shape index (κ1) is 20.5. The van der Waals surface area contributed by atoms with Crippen molar-refractivity contribution in [3.63, 3.8) is 0 Å². The van der Waals surface area contributed by atoms with E-state index in [2.05, 4.69) is 20.6 Å². The molecular formula is C22H17ClFN5O2. The zero-order chi connectivity index (χ0) is 21.6. The molecule has 7 nitrogen and oxygen atoms in total. The first-order valence-electron chi connectivity index (χ1n) is 9.42. The minimum Gasteiger partial charge on any atom is -0.475 e. The highest BCUT2D eigenvalue weighted by Gasteiger charge is 2.10. The highest BCUT2D eigenvalue weighted by atomic mass is 35.5. The molecule has 1 N–H and O–H groups in total. The average molecular weight is 438 g/mol. The van der Waals surface area contributed by atoms with Gasteiger partial charge >= 0.3 is 0 Å². The van der Waals surface area contributed by atoms with Gasteiger partial charge in [-0.25, -0.2) is 4.39 Å². The van der Waals surface area contributed by atoms with E-state index in [4.69, 9.17) is 16.3 Å². The number of nitrogens with zero attached hydrogens (tertiary/aromatic N) is 4. The van der Waals surface area contributed by atoms with Gasteiger partial charge in [0.05, 0.1) is 6.54 Å². The van der Waals surface area contributed by atoms with Crippen molar-refractivity contribution in [2.24, 2.45) is 0 Å². The van der Waals surface area contributed by atoms with Crippen LogP contribution in [0.4, 0.5) is 4.39 Å². The minimum atomic E-state index is -0.335. The number of benzene rings is 2. The smallest absolute Gasteiger partial charge is 0.244 e. The largest absolute Gasteiger partial charge is 0.475 e. The number of carbonyl (C=O) groups is 1. The average Bonchev–Trinajstić information content (AvgIpc) is 3.20. The van der Waals surface area contributed by atoms with Crippen LogP contribution in [0, 0.1) is 5.82 Å². The van der Waals surface area contributed by atoms with Gasteiger partial charge in [-0.15, -0.1) is 15.3 Å². The van der Waals surface area contributed by atoms with E-state index in [0.29, 0.717) is 34.5 Å². The number of halogens is 2. The molecule has 0 spiro atoms. The Morgan fingerprint density at radius 3 is 2.71 bits per heavy atom. The monoisotopic (exact) mass is 437 g/mol. The second kappa shape index (κ2) is 9.36. The van der Waals surface area contributed by atoms with Gasteiger partial charge in [-0.05, 0) is 48.0 Å². The number of ether oxygens (including phenoxy) is 1. The summed E-state index contributed by atoms with van der Waals surface area (Å²) >= 11 is 6.06. The van der Waals surface area contributed by atoms with Gasteiger partial charge in [0.2, 0.25) is 11.8 Å². The van der Waals surface area contributed by atoms with E-state index < -0.39 is 0 Å². The summed E-state index contributed by atoms with van der Waals surface area (Å²) in [4.78, 5) is 11.9. The predicted octanol–water partition coefficient (Wildman–Crippen LogP) is 3.79. The Labute approximate surface area is 182 Å². The second-order valence-corrected chi connectivity index (χ2v) is 6.87. The van der Waals surface area contributed by atoms with Crippen LogP contribution < -0.4 is 10.1 Å². The van der Waals surface area contributed by atoms with Crippen molar-refractivity contribution < 1.29 is 13.9 Å². The molecular weight excluding hydrogens is 421 g/mol. The Hall–Kier alpha value is -3.78. The molecule has 2 aromatic carbocycles. The molecule has 0 saturated heterocycles. The number of amides is 1. The SMILES string of the molecule is O=C(/C=C/c1ccccc1Cl)NCCOc1ccc2nnc(-c3ccc(F)cc3)n2n1. The summed E-state index contributed by atoms with van der Waals surface area (Å²) < 4.78 is 20.3. The third-order valence-electron chi connectivity index (χ3n) is 4.31. The van der Waals surface area contributed by atoms with Crippen molar-refractivity contribution in [2.45, 2.75) is 0 Å². The Kier molecular flexibility index (Phi) is 6.18. The summed E-state index contributed by atoms with van der Waals surface area (Å²) in [6, 6.07) is 16.5. The Morgan fingerprint density at radius 1 is 1.10 bits per heavy atom. The summed E-state index contributed by atoms with van der Waals surface area (Å²) in [7, 11) is 0. The summed E-state index contributed by atoms with van der Waals surface area (Å²) in [6.07, 6.45) is 3.06. The molecule has 1 amide bonds. The number of aromatic nitrogens is 4. The molecule has 0 bridgehead atoms. The lowest BCUT2D eigenvalue weighted by atomic mass is 10.2. The number of rotatable bonds is 7. The van der Waals surface area contributed by atoms with Crippen LogP contribution in [-0.2, 0) is 4.79 Å². The molecule has 0 unspecified atom stereocenters. The number of hydrogen-bond acceptors (Lipinski definition) is 5. The molecule has 0 fully saturated rings. The maximum Gasteiger partial charge on any atom is 0.244 e. The van der Waals surface area contributed by atoms with Gasteiger partial charge in [0.25, 0.3) is 0 Å². The molecule has 0 aliphatic heterocycles. The molecule has 0 aliphatic rings. The molecule has 2 heterocycles. The van der Waals surface area contributed by atoms with Crippen LogP contribution in [0.3, 0.4) is 0 Å². The fraction of sp³-hybridized carbons (Fsp3) is 0.0909. The van der Waals surface area contributed by atoms with Gasteiger partial charge in [-0.3, -0.25) is 4.79 Å². The highest BCUT2D eigenvalue weighted by molar-refractivity contribution is 6.32. The number of fused-ring (bicyclic) bond motifs is 1. The van der Waals surface area contributed by atoms with Crippen molar-refractivity contribution in [3.05, 3.63) is 83.1 Å². The van der Waals surface area contributed by atoms with Gasteiger partial charge in [-0.1, -0.05) is 29.8 Å². The van der Waals surface area contributed by atoms with E-state index in [1.54, 1.807) is 36.4 Å². The van der Waals surface area contributed by atoms with E-state index in [9.17, 15) is 9.18 Å². The quantitative estimate of drug-likeness (QED) is 0.351. The first-order valence-corrected chi connectivity index (χ1v) is 9.79. The van der Waals surface area contributed by atoms with Crippen LogP contribution in [0.15, 0.2) is 66.7 Å². The molecule has 0 saturated carbocycles. The third-order valence-corrected chi connectivity index (χ3v) is 4.66. The lowest BCUT2D eigenvalue weighted by Crippen LogP contribution is -2.26. The predicted molar refractivity (Wildman–Crippen MR) is 115 cm³/mol. The van der Waals surface area contributed by atoms with Gasteiger partial charge in [0.15, 0.2) is 11.5 Å². The van der Waals surface area contributed by atoms with Crippen molar-refractivity contribution in [1.82, 2.24) is 25.1 Å². The van der Waals surface area contributed by atoms with Crippen molar-refractivity contribution in [2.75, 3.05) is 13.2 Å². The fourth-order valence-electron chi connectivity index (χ4n) is 2.79. The topological polar surface area (TPSA) is 81.4 Å². The molecule has 9 heteroatoms. The number of hydrogen-bond donors (Lipinski definition) is 1. The van der Waals surface area contributed by atoms with Crippen molar-refractivity contribution >= 4 is 29.2 Å². The van der Waals surface area contributed by atoms with Crippen LogP contribution in [0.25, 0.3) is 23.1 Å². The van der Waals surface area contributed by atoms with Crippen molar-refractivity contribution in [3.8, 4) is 17.3 Å². The van der Waals surface area contributed by atoms with Crippen LogP contribution >= 0.6 is 11.6 Å². The molecule has 31 heavy (non-hydrogen) atoms. The summed E-state index contributed by atoms with van der Waals surface area (Å²) in [5.41, 5.74) is 1.97. The first-order chi connectivity index (χ1) is 15.1. The Balaban J connectivity index is 1.34. The van der Waals surface area contributed by atoms with Crippen LogP contribution in [0.1, 0.15) is 5.56 Å². The molecule has 0 aliphatic carbocycles. The van der Waals surface area contributed by atoms with E-state index in [-0.39, 0.29) is 18.3 Å². The lowest BCUT2D eigenvalue weighted by Gasteiger charge is -2.06. The Morgan fingerprint density at radius 2 is 1.90 bits per heavy atom. The van der Waals surface area contributed by atoms with Gasteiger partial charge < -0.3 is 10.1 Å². The van der Waals surface area contributed by atoms with Crippen LogP contribution in [-0.4, -0.2) is 38.9 Å². The van der Waals surface area contributed by atoms with E-state index in [0.717, 1.165) is 5.56 Å². The Bertz CT molecular complexity index is 1240. The molecule has 2 aromatic heterocycles. The lowest BCUT2D eigenvalue weighted by molar-refractivity contribution is -0.116. The van der Waals surface area contributed by atoms with Gasteiger partial charge in [-0.2, -0.15) is 4.52 Å². The van der Waals surface area contributed by atoms with Crippen LogP contribution in [0.5, 0.6) is 5.88 Å². The highest BCUT2D eigenvalue weighted by Crippen LogP contribution is 2.19. The third kappa shape index (κ3) is 5.04. The summed E-state index contributed by atoms with van der Waals surface area (Å²) in [5, 5.41) is 15.8. The van der Waals surface area contributed by atoms with Crippen LogP contribution in [0.2, 0.25) is 5.02 Å². The molecule has 0 atom stereocenters. The van der Waals surface area contributed by atoms with E-state index in [1.165, 1.54) is 22.7 Å². The standard InChI is InChI=1S/C22H17ClFN5O2/c23-18-4-2-1-3-15(18)7-11-20(30)25-13-14-31-21-12-10-19-26-27-22(29(19)28-21)16-5-8-17(24)9-6-16/h1-12H,13-14H2,(H,25,30)/b11-7+. The molecule has 156 valence electrons. The normalized spacial score (nSPS) is 11.2. The van der Waals surface area contributed by atoms with E-state index in [1.807, 2.05) is 18.2 Å². The van der Waals surface area contributed by atoms with Gasteiger partial charge in [0.1, 0.15) is 12.4 Å². The second-order valence-electron chi connectivity index (χ2n) is 6.47. The molecule has 0 radical (unpaired) electrons. The fourth-order valence-corrected chi connectivity index (χ4v) is 2.99. The summed E-state index contributed by atoms with van der Waals surface area (Å²) in [5.74, 6) is 0.220. The maximum absolute atomic E-state index is 13.2. The molecule has 4 rings (SSSR count). The zero-order valence-electron chi connectivity index (χ0n) is 16.2. The summed E-state index contributed by atoms with van der Waals surface area (Å²) in [6.45, 7) is 0.511.